The molecule has 30 heavy (non-hydrogen) atoms. The zero-order valence-corrected chi connectivity index (χ0v) is 20.2. The minimum Gasteiger partial charge on any atom is -0.490 e. The van der Waals surface area contributed by atoms with E-state index in [1.165, 1.54) is 4.88 Å². The molecule has 162 valence electrons. The van der Waals surface area contributed by atoms with Gasteiger partial charge in [0.05, 0.1) is 29.9 Å². The lowest BCUT2D eigenvalue weighted by Gasteiger charge is -2.14. The second kappa shape index (κ2) is 11.0. The molecule has 0 N–H and O–H groups in total. The maximum atomic E-state index is 12.6. The molecule has 1 aromatic heterocycles. The predicted molar refractivity (Wildman–Crippen MR) is 125 cm³/mol. The highest BCUT2D eigenvalue weighted by molar-refractivity contribution is 9.10. The molecule has 7 heteroatoms. The molecule has 0 radical (unpaired) electrons. The number of aliphatic imine (C=N–C) groups is 1. The van der Waals surface area contributed by atoms with Crippen molar-refractivity contribution in [2.24, 2.45) is 4.99 Å². The van der Waals surface area contributed by atoms with Gasteiger partial charge in [0.2, 0.25) is 0 Å². The number of esters is 1. The number of hydrogen-bond donors (Lipinski definition) is 0. The van der Waals surface area contributed by atoms with Crippen LogP contribution in [0.1, 0.15) is 66.4 Å². The molecule has 0 bridgehead atoms. The van der Waals surface area contributed by atoms with Crippen molar-refractivity contribution in [2.75, 3.05) is 19.8 Å². The summed E-state index contributed by atoms with van der Waals surface area (Å²) in [5.41, 5.74) is 2.63. The first kappa shape index (κ1) is 22.8. The van der Waals surface area contributed by atoms with Gasteiger partial charge >= 0.3 is 5.97 Å². The van der Waals surface area contributed by atoms with Crippen LogP contribution >= 0.6 is 27.3 Å². The Bertz CT molecular complexity index is 922. The summed E-state index contributed by atoms with van der Waals surface area (Å²) >= 11 is 5.19. The SMILES string of the molecule is CCCOc1c(Br)cc(C=Nc2sc3c(c2C(=O)OCC)CCCC3)cc1OCC. The van der Waals surface area contributed by atoms with Crippen LogP contribution in [0, 0.1) is 0 Å². The summed E-state index contributed by atoms with van der Waals surface area (Å²) in [5.74, 6) is 1.11. The lowest BCUT2D eigenvalue weighted by Crippen LogP contribution is -2.09. The number of fused-ring (bicyclic) bond motifs is 1. The molecule has 1 aliphatic rings. The summed E-state index contributed by atoms with van der Waals surface area (Å²) in [6.45, 7) is 7.36. The summed E-state index contributed by atoms with van der Waals surface area (Å²) in [7, 11) is 0. The van der Waals surface area contributed by atoms with E-state index in [-0.39, 0.29) is 5.97 Å². The number of aryl methyl sites for hydroxylation is 1. The van der Waals surface area contributed by atoms with Crippen LogP contribution in [-0.2, 0) is 17.6 Å². The molecular formula is C23H28BrNO4S. The second-order valence-corrected chi connectivity index (χ2v) is 8.92. The summed E-state index contributed by atoms with van der Waals surface area (Å²) in [6, 6.07) is 3.87. The molecule has 2 aromatic rings. The van der Waals surface area contributed by atoms with Gasteiger partial charge in [-0.3, -0.25) is 0 Å². The van der Waals surface area contributed by atoms with Gasteiger partial charge in [0.1, 0.15) is 5.00 Å². The molecule has 0 atom stereocenters. The zero-order chi connectivity index (χ0) is 21.5. The van der Waals surface area contributed by atoms with Gasteiger partial charge in [-0.2, -0.15) is 0 Å². The quantitative estimate of drug-likeness (QED) is 0.295. The monoisotopic (exact) mass is 493 g/mol. The minimum atomic E-state index is -0.274. The highest BCUT2D eigenvalue weighted by Crippen LogP contribution is 2.41. The van der Waals surface area contributed by atoms with Crippen molar-refractivity contribution in [3.05, 3.63) is 38.2 Å². The molecule has 1 aromatic carbocycles. The summed E-state index contributed by atoms with van der Waals surface area (Å²) < 4.78 is 17.8. The third-order valence-corrected chi connectivity index (χ3v) is 6.53. The van der Waals surface area contributed by atoms with Crippen LogP contribution < -0.4 is 9.47 Å². The van der Waals surface area contributed by atoms with Crippen LogP contribution in [0.3, 0.4) is 0 Å². The van der Waals surface area contributed by atoms with Crippen molar-refractivity contribution in [2.45, 2.75) is 52.9 Å². The smallest absolute Gasteiger partial charge is 0.341 e. The first-order valence-electron chi connectivity index (χ1n) is 10.5. The number of rotatable bonds is 9. The molecule has 0 unspecified atom stereocenters. The third-order valence-electron chi connectivity index (χ3n) is 4.75. The summed E-state index contributed by atoms with van der Waals surface area (Å²) in [5, 5.41) is 0.723. The highest BCUT2D eigenvalue weighted by atomic mass is 79.9. The second-order valence-electron chi connectivity index (χ2n) is 6.98. The van der Waals surface area contributed by atoms with Crippen LogP contribution in [0.4, 0.5) is 5.00 Å². The average Bonchev–Trinajstić information content (AvgIpc) is 3.10. The fourth-order valence-corrected chi connectivity index (χ4v) is 5.25. The van der Waals surface area contributed by atoms with Crippen molar-refractivity contribution in [3.63, 3.8) is 0 Å². The van der Waals surface area contributed by atoms with Gasteiger partial charge in [-0.25, -0.2) is 9.79 Å². The Morgan fingerprint density at radius 3 is 2.70 bits per heavy atom. The van der Waals surface area contributed by atoms with E-state index in [4.69, 9.17) is 19.2 Å². The first-order chi connectivity index (χ1) is 14.6. The van der Waals surface area contributed by atoms with E-state index >= 15 is 0 Å². The van der Waals surface area contributed by atoms with Gasteiger partial charge in [-0.05, 0) is 85.1 Å². The summed E-state index contributed by atoms with van der Waals surface area (Å²) in [6.07, 6.45) is 6.87. The van der Waals surface area contributed by atoms with E-state index in [9.17, 15) is 4.79 Å². The van der Waals surface area contributed by atoms with Crippen molar-refractivity contribution in [1.82, 2.24) is 0 Å². The number of carbonyl (C=O) groups excluding carboxylic acids is 1. The number of hydrogen-bond acceptors (Lipinski definition) is 6. The van der Waals surface area contributed by atoms with Crippen LogP contribution in [-0.4, -0.2) is 32.0 Å². The largest absolute Gasteiger partial charge is 0.490 e. The Morgan fingerprint density at radius 2 is 1.97 bits per heavy atom. The molecule has 0 saturated heterocycles. The van der Waals surface area contributed by atoms with Crippen molar-refractivity contribution >= 4 is 44.5 Å². The molecule has 5 nitrogen and oxygen atoms in total. The van der Waals surface area contributed by atoms with E-state index in [1.54, 1.807) is 17.6 Å². The Hall–Kier alpha value is -1.86. The van der Waals surface area contributed by atoms with Crippen molar-refractivity contribution in [1.29, 1.82) is 0 Å². The number of ether oxygens (including phenoxy) is 3. The Labute approximate surface area is 190 Å². The van der Waals surface area contributed by atoms with Gasteiger partial charge in [0.25, 0.3) is 0 Å². The molecule has 1 heterocycles. The van der Waals surface area contributed by atoms with Crippen LogP contribution in [0.2, 0.25) is 0 Å². The Morgan fingerprint density at radius 1 is 1.17 bits per heavy atom. The normalized spacial score (nSPS) is 13.3. The average molecular weight is 494 g/mol. The van der Waals surface area contributed by atoms with Gasteiger partial charge in [0.15, 0.2) is 11.5 Å². The van der Waals surface area contributed by atoms with E-state index in [0.717, 1.165) is 52.7 Å². The van der Waals surface area contributed by atoms with E-state index in [0.29, 0.717) is 36.9 Å². The molecular weight excluding hydrogens is 466 g/mol. The lowest BCUT2D eigenvalue weighted by molar-refractivity contribution is 0.0526. The van der Waals surface area contributed by atoms with Crippen LogP contribution in [0.25, 0.3) is 0 Å². The molecule has 0 aliphatic heterocycles. The van der Waals surface area contributed by atoms with Crippen molar-refractivity contribution in [3.8, 4) is 11.5 Å². The first-order valence-corrected chi connectivity index (χ1v) is 12.1. The van der Waals surface area contributed by atoms with Gasteiger partial charge < -0.3 is 14.2 Å². The Balaban J connectivity index is 1.95. The predicted octanol–water partition coefficient (Wildman–Crippen LogP) is 6.50. The van der Waals surface area contributed by atoms with Crippen molar-refractivity contribution < 1.29 is 19.0 Å². The molecule has 0 amide bonds. The van der Waals surface area contributed by atoms with Gasteiger partial charge in [0, 0.05) is 11.1 Å². The van der Waals surface area contributed by atoms with Gasteiger partial charge in [-0.15, -0.1) is 11.3 Å². The fraction of sp³-hybridized carbons (Fsp3) is 0.478. The molecule has 1 aliphatic carbocycles. The number of thiophene rings is 1. The molecule has 0 saturated carbocycles. The van der Waals surface area contributed by atoms with Gasteiger partial charge in [-0.1, -0.05) is 6.92 Å². The maximum absolute atomic E-state index is 12.6. The summed E-state index contributed by atoms with van der Waals surface area (Å²) in [4.78, 5) is 18.6. The molecule has 0 fully saturated rings. The lowest BCUT2D eigenvalue weighted by atomic mass is 9.95. The number of benzene rings is 1. The van der Waals surface area contributed by atoms with E-state index in [2.05, 4.69) is 22.9 Å². The number of halogens is 1. The van der Waals surface area contributed by atoms with Crippen LogP contribution in [0.15, 0.2) is 21.6 Å². The number of carbonyl (C=O) groups is 1. The molecule has 3 rings (SSSR count). The van der Waals surface area contributed by atoms with E-state index < -0.39 is 0 Å². The van der Waals surface area contributed by atoms with E-state index in [1.807, 2.05) is 26.0 Å². The third kappa shape index (κ3) is 5.24. The maximum Gasteiger partial charge on any atom is 0.341 e. The van der Waals surface area contributed by atoms with Crippen LogP contribution in [0.5, 0.6) is 11.5 Å². The Kier molecular flexibility index (Phi) is 8.33. The minimum absolute atomic E-state index is 0.274. The topological polar surface area (TPSA) is 57.1 Å². The standard InChI is InChI=1S/C23H28BrNO4S/c1-4-11-29-21-17(24)12-15(13-18(21)27-5-2)14-25-22-20(23(26)28-6-3)16-9-7-8-10-19(16)30-22/h12-14H,4-11H2,1-3H3. The zero-order valence-electron chi connectivity index (χ0n) is 17.8. The number of nitrogens with zero attached hydrogens (tertiary/aromatic N) is 1. The fourth-order valence-electron chi connectivity index (χ4n) is 3.46. The molecule has 0 spiro atoms. The highest BCUT2D eigenvalue weighted by Gasteiger charge is 2.26.